The topological polar surface area (TPSA) is 26.3 Å². The molecule has 0 rings (SSSR count). The van der Waals surface area contributed by atoms with Crippen LogP contribution in [0.5, 0.6) is 0 Å². The van der Waals surface area contributed by atoms with Gasteiger partial charge in [-0.25, -0.2) is 0 Å². The van der Waals surface area contributed by atoms with Crippen LogP contribution in [0.3, 0.4) is 0 Å². The molecular weight excluding hydrogens is 399 g/mol. The van der Waals surface area contributed by atoms with Crippen molar-refractivity contribution in [2.45, 2.75) is 144 Å². The van der Waals surface area contributed by atoms with E-state index in [9.17, 15) is 4.79 Å². The third-order valence-electron chi connectivity index (χ3n) is 7.39. The van der Waals surface area contributed by atoms with Gasteiger partial charge in [0.2, 0.25) is 0 Å². The van der Waals surface area contributed by atoms with E-state index in [1.54, 1.807) is 0 Å². The van der Waals surface area contributed by atoms with Gasteiger partial charge in [-0.3, -0.25) is 0 Å². The van der Waals surface area contributed by atoms with Gasteiger partial charge >= 0.3 is 197 Å². The molecule has 0 heterocycles. The molecule has 0 N–H and O–H groups in total. The molecule has 0 aliphatic rings. The van der Waals surface area contributed by atoms with Gasteiger partial charge in [0, 0.05) is 0 Å². The Morgan fingerprint density at radius 1 is 0.581 bits per heavy atom. The second-order valence-electron chi connectivity index (χ2n) is 10.2. The molecule has 0 saturated carbocycles. The summed E-state index contributed by atoms with van der Waals surface area (Å²) in [6.07, 6.45) is 24.2. The first kappa shape index (κ1) is 30.9. The van der Waals surface area contributed by atoms with Crippen molar-refractivity contribution >= 4 is 12.8 Å². The molecule has 188 valence electrons. The molecule has 0 saturated heterocycles. The fourth-order valence-corrected chi connectivity index (χ4v) is 11.8. The Balaban J connectivity index is 5.77. The van der Waals surface area contributed by atoms with E-state index in [-0.39, 0.29) is 11.9 Å². The summed E-state index contributed by atoms with van der Waals surface area (Å²) in [5, 5.41) is 0. The summed E-state index contributed by atoms with van der Waals surface area (Å²) in [5.74, 6) is 0.277. The van der Waals surface area contributed by atoms with Crippen LogP contribution in [0.25, 0.3) is 0 Å². The van der Waals surface area contributed by atoms with Crippen molar-refractivity contribution < 1.29 is 9.32 Å². The molecule has 0 fully saturated rings. The summed E-state index contributed by atoms with van der Waals surface area (Å²) < 4.78 is 7.00. The monoisotopic (exact) mass is 458 g/mol. The third kappa shape index (κ3) is 12.1. The molecule has 1 atom stereocenters. The molecule has 0 aromatic heterocycles. The molecule has 1 unspecified atom stereocenters. The maximum absolute atomic E-state index is 13.6. The first-order chi connectivity index (χ1) is 15.0. The Bertz CT molecular complexity index is 410. The average molecular weight is 459 g/mol. The normalized spacial score (nSPS) is 14.2. The fraction of sp³-hybridized carbons (Fsp3) is 0.964. The molecule has 0 spiro atoms. The Labute approximate surface area is 197 Å². The van der Waals surface area contributed by atoms with Gasteiger partial charge in [0.05, 0.1) is 0 Å². The van der Waals surface area contributed by atoms with Gasteiger partial charge in [-0.2, -0.15) is 0 Å². The van der Waals surface area contributed by atoms with Crippen molar-refractivity contribution in [3.63, 3.8) is 0 Å². The zero-order chi connectivity index (χ0) is 23.5. The van der Waals surface area contributed by atoms with Crippen molar-refractivity contribution in [2.24, 2.45) is 5.92 Å². The molecule has 0 radical (unpaired) electrons. The zero-order valence-electron chi connectivity index (χ0n) is 22.5. The standard InChI is InChI=1S/C28H59O2P/c1-7-13-18-19-20-21-26-31(23-15-9-3,24-16-10-4,25-17-11-5)30-28(29)27(12-6)22-14-8-2/h27H,7-26H2,1-6H3. The molecule has 0 aliphatic carbocycles. The number of rotatable bonds is 22. The number of hydrogen-bond acceptors (Lipinski definition) is 2. The van der Waals surface area contributed by atoms with Crippen LogP contribution in [0.1, 0.15) is 144 Å². The zero-order valence-corrected chi connectivity index (χ0v) is 23.4. The van der Waals surface area contributed by atoms with Crippen molar-refractivity contribution in [3.8, 4) is 0 Å². The average Bonchev–Trinajstić information content (AvgIpc) is 2.78. The molecule has 31 heavy (non-hydrogen) atoms. The van der Waals surface area contributed by atoms with Gasteiger partial charge in [0.1, 0.15) is 0 Å². The molecule has 0 amide bonds. The van der Waals surface area contributed by atoms with Crippen LogP contribution in [0.15, 0.2) is 0 Å². The number of hydrogen-bond donors (Lipinski definition) is 0. The van der Waals surface area contributed by atoms with Crippen molar-refractivity contribution in [3.05, 3.63) is 0 Å². The summed E-state index contributed by atoms with van der Waals surface area (Å²) in [5.41, 5.74) is 0. The first-order valence-electron chi connectivity index (χ1n) is 14.2. The van der Waals surface area contributed by atoms with Crippen molar-refractivity contribution in [2.75, 3.05) is 24.6 Å². The summed E-state index contributed by atoms with van der Waals surface area (Å²) >= 11 is 0. The van der Waals surface area contributed by atoms with Gasteiger partial charge in [0.15, 0.2) is 0 Å². The van der Waals surface area contributed by atoms with Crippen LogP contribution < -0.4 is 0 Å². The first-order valence-corrected chi connectivity index (χ1v) is 17.1. The molecule has 0 bridgehead atoms. The van der Waals surface area contributed by atoms with Crippen LogP contribution in [0.2, 0.25) is 0 Å². The molecule has 0 aromatic rings. The predicted octanol–water partition coefficient (Wildman–Crippen LogP) is 9.98. The molecule has 3 heteroatoms. The quantitative estimate of drug-likeness (QED) is 0.119. The Kier molecular flexibility index (Phi) is 18.3. The molecule has 2 nitrogen and oxygen atoms in total. The van der Waals surface area contributed by atoms with Gasteiger partial charge in [0.25, 0.3) is 0 Å². The fourth-order valence-electron chi connectivity index (χ4n) is 5.09. The summed E-state index contributed by atoms with van der Waals surface area (Å²) in [7, 11) is 0. The summed E-state index contributed by atoms with van der Waals surface area (Å²) in [6, 6.07) is 0. The molecular formula is C28H59O2P. The molecule has 0 aromatic carbocycles. The van der Waals surface area contributed by atoms with Gasteiger partial charge in [-0.05, 0) is 0 Å². The summed E-state index contributed by atoms with van der Waals surface area (Å²) in [6.45, 7) is 11.1. The van der Waals surface area contributed by atoms with Gasteiger partial charge in [-0.1, -0.05) is 0 Å². The maximum atomic E-state index is 13.6. The van der Waals surface area contributed by atoms with Gasteiger partial charge in [-0.15, -0.1) is 0 Å². The second kappa shape index (κ2) is 18.3. The van der Waals surface area contributed by atoms with Crippen molar-refractivity contribution in [1.29, 1.82) is 0 Å². The Morgan fingerprint density at radius 3 is 1.45 bits per heavy atom. The molecule has 0 aliphatic heterocycles. The second-order valence-corrected chi connectivity index (χ2v) is 15.9. The number of carbonyl (C=O) groups is 1. The van der Waals surface area contributed by atoms with Crippen LogP contribution in [-0.4, -0.2) is 30.6 Å². The van der Waals surface area contributed by atoms with E-state index in [1.807, 2.05) is 0 Å². The Morgan fingerprint density at radius 2 is 1.00 bits per heavy atom. The minimum absolute atomic E-state index is 0.107. The van der Waals surface area contributed by atoms with Crippen LogP contribution in [0, 0.1) is 5.92 Å². The van der Waals surface area contributed by atoms with Crippen LogP contribution >= 0.6 is 6.83 Å². The number of carbonyl (C=O) groups excluding carboxylic acids is 1. The van der Waals surface area contributed by atoms with Crippen LogP contribution in [-0.2, 0) is 9.32 Å². The number of unbranched alkanes of at least 4 members (excludes halogenated alkanes) is 9. The van der Waals surface area contributed by atoms with E-state index in [2.05, 4.69) is 41.5 Å². The van der Waals surface area contributed by atoms with Gasteiger partial charge < -0.3 is 0 Å². The van der Waals surface area contributed by atoms with E-state index < -0.39 is 6.83 Å². The van der Waals surface area contributed by atoms with E-state index in [1.165, 1.54) is 102 Å². The van der Waals surface area contributed by atoms with E-state index in [0.29, 0.717) is 0 Å². The minimum atomic E-state index is -2.51. The Hall–Kier alpha value is -0.100. The van der Waals surface area contributed by atoms with E-state index >= 15 is 0 Å². The SMILES string of the molecule is CCCCCCCCP(CCCC)(CCCC)(CCCC)OC(=O)C(CC)CCCC. The van der Waals surface area contributed by atoms with Crippen LogP contribution in [0.4, 0.5) is 0 Å². The summed E-state index contributed by atoms with van der Waals surface area (Å²) in [4.78, 5) is 13.6. The van der Waals surface area contributed by atoms with Crippen molar-refractivity contribution in [1.82, 2.24) is 0 Å². The van der Waals surface area contributed by atoms with E-state index in [0.717, 1.165) is 25.7 Å². The third-order valence-corrected chi connectivity index (χ3v) is 13.9. The predicted molar refractivity (Wildman–Crippen MR) is 144 cm³/mol. The van der Waals surface area contributed by atoms with E-state index in [4.69, 9.17) is 4.52 Å².